The molecule has 0 saturated heterocycles. The molecule has 2 heterocycles. The zero-order valence-corrected chi connectivity index (χ0v) is 14.4. The lowest BCUT2D eigenvalue weighted by atomic mass is 10.0. The molecule has 0 bridgehead atoms. The fraction of sp³-hybridized carbons (Fsp3) is 0.300. The van der Waals surface area contributed by atoms with Crippen molar-refractivity contribution in [3.8, 4) is 0 Å². The third-order valence-electron chi connectivity index (χ3n) is 4.18. The zero-order valence-electron chi connectivity index (χ0n) is 14.4. The Labute approximate surface area is 143 Å². The lowest BCUT2D eigenvalue weighted by Crippen LogP contribution is -2.26. The van der Waals surface area contributed by atoms with Crippen molar-refractivity contribution in [2.75, 3.05) is 0 Å². The number of nitrogens with zero attached hydrogens (tertiary/aromatic N) is 3. The van der Waals surface area contributed by atoms with Gasteiger partial charge >= 0.3 is 0 Å². The molecule has 0 spiro atoms. The Morgan fingerprint density at radius 2 is 1.67 bits per heavy atom. The van der Waals surface area contributed by atoms with Gasteiger partial charge in [-0.3, -0.25) is 15.0 Å². The first-order valence-corrected chi connectivity index (χ1v) is 8.41. The van der Waals surface area contributed by atoms with E-state index in [-0.39, 0.29) is 12.1 Å². The van der Waals surface area contributed by atoms with Crippen LogP contribution >= 0.6 is 0 Å². The van der Waals surface area contributed by atoms with Crippen molar-refractivity contribution in [2.45, 2.75) is 38.9 Å². The molecule has 0 aliphatic carbocycles. The highest BCUT2D eigenvalue weighted by Crippen LogP contribution is 2.24. The van der Waals surface area contributed by atoms with Gasteiger partial charge in [-0.2, -0.15) is 5.10 Å². The van der Waals surface area contributed by atoms with E-state index in [9.17, 15) is 0 Å². The van der Waals surface area contributed by atoms with Crippen LogP contribution in [0.5, 0.6) is 0 Å². The summed E-state index contributed by atoms with van der Waals surface area (Å²) in [6, 6.07) is 17.1. The molecule has 3 aromatic rings. The van der Waals surface area contributed by atoms with E-state index in [0.29, 0.717) is 6.04 Å². The highest BCUT2D eigenvalue weighted by molar-refractivity contribution is 5.28. The van der Waals surface area contributed by atoms with E-state index in [1.807, 2.05) is 35.3 Å². The van der Waals surface area contributed by atoms with Crippen LogP contribution in [0, 0.1) is 0 Å². The van der Waals surface area contributed by atoms with Gasteiger partial charge in [-0.15, -0.1) is 0 Å². The molecule has 4 nitrogen and oxygen atoms in total. The molecular formula is C20H24N4. The number of hydrogen-bond acceptors (Lipinski definition) is 3. The predicted octanol–water partition coefficient (Wildman–Crippen LogP) is 4.30. The molecule has 0 radical (unpaired) electrons. The summed E-state index contributed by atoms with van der Waals surface area (Å²) in [5.74, 6) is 0. The number of rotatable bonds is 6. The minimum atomic E-state index is 0.0461. The van der Waals surface area contributed by atoms with Crippen LogP contribution in [0.1, 0.15) is 55.7 Å². The van der Waals surface area contributed by atoms with E-state index >= 15 is 0 Å². The average Bonchev–Trinajstić information content (AvgIpc) is 3.11. The molecular weight excluding hydrogens is 296 g/mol. The first-order valence-electron chi connectivity index (χ1n) is 8.41. The van der Waals surface area contributed by atoms with Gasteiger partial charge < -0.3 is 0 Å². The van der Waals surface area contributed by atoms with Gasteiger partial charge in [-0.25, -0.2) is 0 Å². The van der Waals surface area contributed by atoms with E-state index in [4.69, 9.17) is 0 Å². The van der Waals surface area contributed by atoms with Crippen molar-refractivity contribution in [3.05, 3.63) is 83.9 Å². The van der Waals surface area contributed by atoms with E-state index in [1.54, 1.807) is 0 Å². The summed E-state index contributed by atoms with van der Waals surface area (Å²) in [5, 5.41) is 8.15. The van der Waals surface area contributed by atoms with E-state index in [1.165, 1.54) is 11.1 Å². The molecule has 0 aliphatic heterocycles. The van der Waals surface area contributed by atoms with Gasteiger partial charge in [0.25, 0.3) is 0 Å². The molecule has 1 N–H and O–H groups in total. The Morgan fingerprint density at radius 1 is 0.917 bits per heavy atom. The first-order chi connectivity index (χ1) is 11.6. The Bertz CT molecular complexity index is 710. The normalized spacial score (nSPS) is 13.8. The lowest BCUT2D eigenvalue weighted by molar-refractivity contribution is 0.504. The summed E-state index contributed by atoms with van der Waals surface area (Å²) in [7, 11) is 0. The summed E-state index contributed by atoms with van der Waals surface area (Å²) in [4.78, 5) is 4.55. The van der Waals surface area contributed by atoms with Crippen LogP contribution in [-0.2, 0) is 0 Å². The highest BCUT2D eigenvalue weighted by atomic mass is 15.3. The second-order valence-corrected chi connectivity index (χ2v) is 6.33. The maximum Gasteiger partial charge on any atom is 0.0756 e. The molecule has 0 amide bonds. The van der Waals surface area contributed by atoms with Crippen molar-refractivity contribution >= 4 is 0 Å². The number of nitrogens with one attached hydrogen (secondary N) is 1. The monoisotopic (exact) mass is 320 g/mol. The second kappa shape index (κ2) is 7.41. The Morgan fingerprint density at radius 3 is 2.29 bits per heavy atom. The van der Waals surface area contributed by atoms with Crippen LogP contribution in [0.2, 0.25) is 0 Å². The van der Waals surface area contributed by atoms with Gasteiger partial charge in [-0.1, -0.05) is 36.4 Å². The molecule has 0 unspecified atom stereocenters. The summed E-state index contributed by atoms with van der Waals surface area (Å²) in [6.07, 6.45) is 5.90. The van der Waals surface area contributed by atoms with E-state index < -0.39 is 0 Å². The van der Waals surface area contributed by atoms with Gasteiger partial charge in [0.05, 0.1) is 17.9 Å². The smallest absolute Gasteiger partial charge is 0.0756 e. The summed E-state index contributed by atoms with van der Waals surface area (Å²) in [5.41, 5.74) is 3.41. The van der Waals surface area contributed by atoms with E-state index in [2.05, 4.69) is 72.7 Å². The summed E-state index contributed by atoms with van der Waals surface area (Å²) >= 11 is 0. The topological polar surface area (TPSA) is 42.7 Å². The number of pyridine rings is 1. The van der Waals surface area contributed by atoms with Crippen molar-refractivity contribution in [3.63, 3.8) is 0 Å². The lowest BCUT2D eigenvalue weighted by Gasteiger charge is -2.23. The largest absolute Gasteiger partial charge is 0.298 e. The molecule has 24 heavy (non-hydrogen) atoms. The number of benzene rings is 1. The van der Waals surface area contributed by atoms with Crippen molar-refractivity contribution in [1.82, 2.24) is 20.1 Å². The summed E-state index contributed by atoms with van der Waals surface area (Å²) in [6.45, 7) is 6.44. The second-order valence-electron chi connectivity index (χ2n) is 6.33. The van der Waals surface area contributed by atoms with Crippen molar-refractivity contribution < 1.29 is 0 Å². The molecule has 0 saturated carbocycles. The van der Waals surface area contributed by atoms with Crippen LogP contribution < -0.4 is 5.32 Å². The quantitative estimate of drug-likeness (QED) is 0.736. The number of aromatic nitrogens is 3. The molecule has 1 aromatic carbocycles. The van der Waals surface area contributed by atoms with Crippen LogP contribution in [0.25, 0.3) is 0 Å². The molecule has 2 atom stereocenters. The van der Waals surface area contributed by atoms with Crippen LogP contribution in [-0.4, -0.2) is 14.8 Å². The molecule has 0 fully saturated rings. The summed E-state index contributed by atoms with van der Waals surface area (Å²) < 4.78 is 1.99. The minimum Gasteiger partial charge on any atom is -0.298 e. The van der Waals surface area contributed by atoms with E-state index in [0.717, 1.165) is 5.69 Å². The molecule has 124 valence electrons. The van der Waals surface area contributed by atoms with Gasteiger partial charge in [0.15, 0.2) is 0 Å². The van der Waals surface area contributed by atoms with Gasteiger partial charge in [0.1, 0.15) is 0 Å². The Hall–Kier alpha value is -2.46. The third-order valence-corrected chi connectivity index (χ3v) is 4.18. The highest BCUT2D eigenvalue weighted by Gasteiger charge is 2.19. The van der Waals surface area contributed by atoms with Gasteiger partial charge in [-0.05, 0) is 38.5 Å². The van der Waals surface area contributed by atoms with Gasteiger partial charge in [0, 0.05) is 30.0 Å². The molecule has 3 rings (SSSR count). The van der Waals surface area contributed by atoms with Crippen LogP contribution in [0.15, 0.2) is 67.1 Å². The van der Waals surface area contributed by atoms with Crippen molar-refractivity contribution in [1.29, 1.82) is 0 Å². The maximum absolute atomic E-state index is 4.55. The fourth-order valence-electron chi connectivity index (χ4n) is 2.75. The first kappa shape index (κ1) is 16.4. The SMILES string of the molecule is CC(C)n1cc([C@@H](C)N[C@@H](c2ccccc2)c2ccccn2)cn1. The van der Waals surface area contributed by atoms with Gasteiger partial charge in [0.2, 0.25) is 0 Å². The van der Waals surface area contributed by atoms with Crippen LogP contribution in [0.4, 0.5) is 0 Å². The fourth-order valence-corrected chi connectivity index (χ4v) is 2.75. The number of hydrogen-bond donors (Lipinski definition) is 1. The van der Waals surface area contributed by atoms with Crippen LogP contribution in [0.3, 0.4) is 0 Å². The third kappa shape index (κ3) is 3.71. The molecule has 4 heteroatoms. The Kier molecular flexibility index (Phi) is 5.06. The average molecular weight is 320 g/mol. The van der Waals surface area contributed by atoms with Crippen molar-refractivity contribution in [2.24, 2.45) is 0 Å². The standard InChI is InChI=1S/C20H24N4/c1-15(2)24-14-18(13-22-24)16(3)23-20(17-9-5-4-6-10-17)19-11-7-8-12-21-19/h4-16,20,23H,1-3H3/t16-,20+/m1/s1. The minimum absolute atomic E-state index is 0.0461. The maximum atomic E-state index is 4.55. The predicted molar refractivity (Wildman–Crippen MR) is 96.7 cm³/mol. The Balaban J connectivity index is 1.86. The molecule has 0 aliphatic rings. The zero-order chi connectivity index (χ0) is 16.9. The molecule has 2 aromatic heterocycles.